The lowest BCUT2D eigenvalue weighted by atomic mass is 10.3. The number of hydrogen-bond donors (Lipinski definition) is 1. The largest absolute Gasteiger partial charge is 0.457 e. The van der Waals surface area contributed by atoms with E-state index in [4.69, 9.17) is 4.42 Å². The van der Waals surface area contributed by atoms with Crippen LogP contribution in [0.15, 0.2) is 21.4 Å². The molecule has 1 aromatic rings. The highest BCUT2D eigenvalue weighted by molar-refractivity contribution is 9.10. The lowest BCUT2D eigenvalue weighted by Crippen LogP contribution is -2.36. The summed E-state index contributed by atoms with van der Waals surface area (Å²) in [5, 5.41) is 1.57. The number of halogens is 1. The molecule has 0 aliphatic heterocycles. The van der Waals surface area contributed by atoms with Gasteiger partial charge in [-0.1, -0.05) is 0 Å². The Bertz CT molecular complexity index is 283. The van der Waals surface area contributed by atoms with E-state index in [2.05, 4.69) is 21.4 Å². The standard InChI is InChI=1S/C7H9BrN2O2/c1-10(2)9-7(11)5-3-4-12-6(5)8/h3-4H,1-2H3,(H,9,11). The molecule has 1 aromatic heterocycles. The average Bonchev–Trinajstić information content (AvgIpc) is 2.33. The molecule has 66 valence electrons. The molecule has 0 aromatic carbocycles. The first-order valence-electron chi connectivity index (χ1n) is 3.32. The molecule has 1 heterocycles. The maximum Gasteiger partial charge on any atom is 0.270 e. The van der Waals surface area contributed by atoms with E-state index in [1.165, 1.54) is 6.26 Å². The Kier molecular flexibility index (Phi) is 2.88. The van der Waals surface area contributed by atoms with Crippen LogP contribution in [0.3, 0.4) is 0 Å². The highest BCUT2D eigenvalue weighted by Gasteiger charge is 2.12. The fourth-order valence-electron chi connectivity index (χ4n) is 0.719. The second-order valence-corrected chi connectivity index (χ2v) is 3.16. The molecule has 0 bridgehead atoms. The third kappa shape index (κ3) is 2.09. The van der Waals surface area contributed by atoms with Crippen LogP contribution in [0, 0.1) is 0 Å². The van der Waals surface area contributed by atoms with E-state index in [9.17, 15) is 4.79 Å². The molecule has 0 saturated carbocycles. The molecular weight excluding hydrogens is 224 g/mol. The second-order valence-electron chi connectivity index (χ2n) is 2.44. The first-order chi connectivity index (χ1) is 5.61. The number of carbonyl (C=O) groups is 1. The SMILES string of the molecule is CN(C)NC(=O)c1ccoc1Br. The molecule has 4 nitrogen and oxygen atoms in total. The fraction of sp³-hybridized carbons (Fsp3) is 0.286. The zero-order valence-electron chi connectivity index (χ0n) is 6.80. The summed E-state index contributed by atoms with van der Waals surface area (Å²) in [6, 6.07) is 1.60. The number of furan rings is 1. The van der Waals surface area contributed by atoms with E-state index < -0.39 is 0 Å². The Balaban J connectivity index is 2.72. The molecule has 0 radical (unpaired) electrons. The van der Waals surface area contributed by atoms with Gasteiger partial charge < -0.3 is 4.42 Å². The van der Waals surface area contributed by atoms with Crippen LogP contribution in [0.25, 0.3) is 0 Å². The number of carbonyl (C=O) groups excluding carboxylic acids is 1. The van der Waals surface area contributed by atoms with Crippen molar-refractivity contribution in [3.05, 3.63) is 22.6 Å². The quantitative estimate of drug-likeness (QED) is 0.782. The van der Waals surface area contributed by atoms with Crippen LogP contribution in [0.5, 0.6) is 0 Å². The third-order valence-corrected chi connectivity index (χ3v) is 1.80. The van der Waals surface area contributed by atoms with Gasteiger partial charge in [-0.2, -0.15) is 0 Å². The number of nitrogens with zero attached hydrogens (tertiary/aromatic N) is 1. The molecule has 12 heavy (non-hydrogen) atoms. The zero-order chi connectivity index (χ0) is 9.14. The van der Waals surface area contributed by atoms with Crippen LogP contribution in [0.4, 0.5) is 0 Å². The predicted octanol–water partition coefficient (Wildman–Crippen LogP) is 1.25. The number of hydrazine groups is 1. The van der Waals surface area contributed by atoms with Crippen molar-refractivity contribution in [1.29, 1.82) is 0 Å². The topological polar surface area (TPSA) is 45.5 Å². The maximum atomic E-state index is 11.3. The van der Waals surface area contributed by atoms with Crippen molar-refractivity contribution in [2.24, 2.45) is 0 Å². The third-order valence-electron chi connectivity index (χ3n) is 1.19. The molecule has 0 atom stereocenters. The molecule has 0 fully saturated rings. The Morgan fingerprint density at radius 3 is 2.75 bits per heavy atom. The molecule has 0 saturated heterocycles. The van der Waals surface area contributed by atoms with Crippen LogP contribution in [0.1, 0.15) is 10.4 Å². The van der Waals surface area contributed by atoms with Crippen molar-refractivity contribution in [3.8, 4) is 0 Å². The van der Waals surface area contributed by atoms with Gasteiger partial charge in [-0.3, -0.25) is 10.2 Å². The number of rotatable bonds is 2. The Labute approximate surface area is 78.6 Å². The molecule has 0 unspecified atom stereocenters. The highest BCUT2D eigenvalue weighted by atomic mass is 79.9. The minimum Gasteiger partial charge on any atom is -0.457 e. The van der Waals surface area contributed by atoms with Gasteiger partial charge in [0.15, 0.2) is 4.67 Å². The lowest BCUT2D eigenvalue weighted by Gasteiger charge is -2.10. The van der Waals surface area contributed by atoms with Gasteiger partial charge in [-0.15, -0.1) is 0 Å². The van der Waals surface area contributed by atoms with Gasteiger partial charge in [-0.05, 0) is 22.0 Å². The summed E-state index contributed by atoms with van der Waals surface area (Å²) >= 11 is 3.11. The van der Waals surface area contributed by atoms with Crippen molar-refractivity contribution < 1.29 is 9.21 Å². The molecule has 1 N–H and O–H groups in total. The Morgan fingerprint density at radius 1 is 1.67 bits per heavy atom. The molecule has 0 spiro atoms. The van der Waals surface area contributed by atoms with Gasteiger partial charge in [0.1, 0.15) is 0 Å². The van der Waals surface area contributed by atoms with Crippen molar-refractivity contribution in [2.75, 3.05) is 14.1 Å². The van der Waals surface area contributed by atoms with E-state index in [-0.39, 0.29) is 5.91 Å². The molecule has 0 aliphatic carbocycles. The van der Waals surface area contributed by atoms with Crippen LogP contribution < -0.4 is 5.43 Å². The van der Waals surface area contributed by atoms with Crippen molar-refractivity contribution in [1.82, 2.24) is 10.4 Å². The average molecular weight is 233 g/mol. The molecule has 1 rings (SSSR count). The van der Waals surface area contributed by atoms with Gasteiger partial charge in [-0.25, -0.2) is 5.01 Å². The minimum absolute atomic E-state index is 0.194. The fourth-order valence-corrected chi connectivity index (χ4v) is 1.14. The maximum absolute atomic E-state index is 11.3. The highest BCUT2D eigenvalue weighted by Crippen LogP contribution is 2.16. The van der Waals surface area contributed by atoms with Crippen molar-refractivity contribution in [3.63, 3.8) is 0 Å². The molecule has 5 heteroatoms. The zero-order valence-corrected chi connectivity index (χ0v) is 8.38. The second kappa shape index (κ2) is 3.73. The Hall–Kier alpha value is -0.810. The van der Waals surface area contributed by atoms with E-state index in [1.54, 1.807) is 25.2 Å². The van der Waals surface area contributed by atoms with Gasteiger partial charge in [0.05, 0.1) is 11.8 Å². The van der Waals surface area contributed by atoms with Crippen LogP contribution in [-0.2, 0) is 0 Å². The number of nitrogens with one attached hydrogen (secondary N) is 1. The summed E-state index contributed by atoms with van der Waals surface area (Å²) in [7, 11) is 3.48. The van der Waals surface area contributed by atoms with E-state index in [0.29, 0.717) is 10.2 Å². The summed E-state index contributed by atoms with van der Waals surface area (Å²) in [6.45, 7) is 0. The van der Waals surface area contributed by atoms with Gasteiger partial charge in [0, 0.05) is 14.1 Å². The van der Waals surface area contributed by atoms with Crippen LogP contribution >= 0.6 is 15.9 Å². The van der Waals surface area contributed by atoms with Crippen molar-refractivity contribution in [2.45, 2.75) is 0 Å². The summed E-state index contributed by atoms with van der Waals surface area (Å²) in [4.78, 5) is 11.3. The smallest absolute Gasteiger partial charge is 0.270 e. The van der Waals surface area contributed by atoms with Gasteiger partial charge in [0.2, 0.25) is 0 Å². The first kappa shape index (κ1) is 9.28. The molecule has 1 amide bonds. The normalized spacial score (nSPS) is 10.3. The van der Waals surface area contributed by atoms with Crippen LogP contribution in [-0.4, -0.2) is 25.0 Å². The van der Waals surface area contributed by atoms with Crippen LogP contribution in [0.2, 0.25) is 0 Å². The summed E-state index contributed by atoms with van der Waals surface area (Å²) < 4.78 is 5.35. The minimum atomic E-state index is -0.194. The van der Waals surface area contributed by atoms with E-state index >= 15 is 0 Å². The predicted molar refractivity (Wildman–Crippen MR) is 47.6 cm³/mol. The summed E-state index contributed by atoms with van der Waals surface area (Å²) in [6.07, 6.45) is 1.45. The monoisotopic (exact) mass is 232 g/mol. The summed E-state index contributed by atoms with van der Waals surface area (Å²) in [5.41, 5.74) is 3.08. The number of hydrogen-bond acceptors (Lipinski definition) is 3. The first-order valence-corrected chi connectivity index (χ1v) is 4.12. The number of amides is 1. The molecule has 0 aliphatic rings. The van der Waals surface area contributed by atoms with Crippen molar-refractivity contribution >= 4 is 21.8 Å². The van der Waals surface area contributed by atoms with Gasteiger partial charge in [0.25, 0.3) is 5.91 Å². The Morgan fingerprint density at radius 2 is 2.33 bits per heavy atom. The van der Waals surface area contributed by atoms with Gasteiger partial charge >= 0.3 is 0 Å². The summed E-state index contributed by atoms with van der Waals surface area (Å²) in [5.74, 6) is -0.194. The van der Waals surface area contributed by atoms with E-state index in [0.717, 1.165) is 0 Å². The lowest BCUT2D eigenvalue weighted by molar-refractivity contribution is 0.0855. The van der Waals surface area contributed by atoms with E-state index in [1.807, 2.05) is 0 Å². The molecular formula is C7H9BrN2O2.